The molecule has 364 valence electrons. The number of fused-ring (bicyclic) bond motifs is 6. The molecular formula is C47H40Br3N17O5. The highest BCUT2D eigenvalue weighted by atomic mass is 79.9. The molecular weight excluding hydrogens is 1120 g/mol. The molecule has 3 unspecified atom stereocenters. The van der Waals surface area contributed by atoms with Gasteiger partial charge >= 0.3 is 0 Å². The molecule has 11 heterocycles. The van der Waals surface area contributed by atoms with Crippen molar-refractivity contribution in [3.63, 3.8) is 0 Å². The first-order valence-corrected chi connectivity index (χ1v) is 24.9. The summed E-state index contributed by atoms with van der Waals surface area (Å²) in [6, 6.07) is 9.63. The van der Waals surface area contributed by atoms with Crippen LogP contribution < -0.4 is 0 Å². The van der Waals surface area contributed by atoms with Crippen LogP contribution in [0.5, 0.6) is 0 Å². The highest BCUT2D eigenvalue weighted by Gasteiger charge is 2.35. The van der Waals surface area contributed by atoms with Crippen LogP contribution in [0.1, 0.15) is 104 Å². The normalized spacial score (nSPS) is 17.0. The fourth-order valence-electron chi connectivity index (χ4n) is 9.20. The molecule has 1 aromatic carbocycles. The Kier molecular flexibility index (Phi) is 13.3. The second-order valence-corrected chi connectivity index (χ2v) is 19.8. The molecule has 3 atom stereocenters. The van der Waals surface area contributed by atoms with E-state index in [2.05, 4.69) is 98.0 Å². The van der Waals surface area contributed by atoms with Crippen molar-refractivity contribution in [1.82, 2.24) is 78.4 Å². The zero-order chi connectivity index (χ0) is 50.4. The minimum atomic E-state index is -0.366. The summed E-state index contributed by atoms with van der Waals surface area (Å²) in [5.74, 6) is -0.423. The third-order valence-corrected chi connectivity index (χ3v) is 14.1. The molecule has 0 saturated heterocycles. The van der Waals surface area contributed by atoms with Gasteiger partial charge in [-0.15, -0.1) is 0 Å². The van der Waals surface area contributed by atoms with E-state index in [9.17, 15) is 24.5 Å². The summed E-state index contributed by atoms with van der Waals surface area (Å²) < 4.78 is 7.13. The third-order valence-electron chi connectivity index (χ3n) is 12.8. The molecule has 0 N–H and O–H groups in total. The average Bonchev–Trinajstić information content (AvgIpc) is 4.13. The lowest BCUT2D eigenvalue weighted by Gasteiger charge is -2.34. The maximum absolute atomic E-state index is 13.0. The first kappa shape index (κ1) is 48.1. The van der Waals surface area contributed by atoms with Crippen LogP contribution in [0.4, 0.5) is 5.69 Å². The highest BCUT2D eigenvalue weighted by molar-refractivity contribution is 9.11. The molecule has 0 aliphatic carbocycles. The molecule has 0 saturated carbocycles. The predicted molar refractivity (Wildman–Crippen MR) is 269 cm³/mol. The predicted octanol–water partition coefficient (Wildman–Crippen LogP) is 7.24. The van der Waals surface area contributed by atoms with E-state index in [0.717, 1.165) is 54.3 Å². The summed E-state index contributed by atoms with van der Waals surface area (Å²) in [7, 11) is 0. The van der Waals surface area contributed by atoms with E-state index in [1.54, 1.807) is 97.3 Å². The van der Waals surface area contributed by atoms with Crippen molar-refractivity contribution < 1.29 is 19.3 Å². The maximum atomic E-state index is 13.0. The molecule has 3 aliphatic heterocycles. The number of nitro benzene ring substituents is 1. The summed E-state index contributed by atoms with van der Waals surface area (Å²) in [5, 5.41) is 24.2. The zero-order valence-corrected chi connectivity index (χ0v) is 43.2. The summed E-state index contributed by atoms with van der Waals surface area (Å²) >= 11 is 10.0. The molecule has 72 heavy (non-hydrogen) atoms. The molecule has 9 aromatic rings. The summed E-state index contributed by atoms with van der Waals surface area (Å²) in [5.41, 5.74) is 8.59. The lowest BCUT2D eigenvalue weighted by atomic mass is 9.92. The van der Waals surface area contributed by atoms with Crippen LogP contribution in [-0.2, 0) is 19.3 Å². The van der Waals surface area contributed by atoms with Gasteiger partial charge in [-0.25, -0.2) is 48.4 Å². The number of carbonyl (C=O) groups excluding carboxylic acids is 3. The van der Waals surface area contributed by atoms with Gasteiger partial charge in [0.05, 0.1) is 47.9 Å². The van der Waals surface area contributed by atoms with Gasteiger partial charge in [0.15, 0.2) is 34.0 Å². The van der Waals surface area contributed by atoms with Crippen molar-refractivity contribution in [3.05, 3.63) is 173 Å². The van der Waals surface area contributed by atoms with Gasteiger partial charge in [-0.2, -0.15) is 15.3 Å². The fourth-order valence-corrected chi connectivity index (χ4v) is 10.1. The quantitative estimate of drug-likeness (QED) is 0.124. The Hall–Kier alpha value is -7.51. The SMILES string of the molecule is CC1c2cccc([N+](=O)[O-])c2CCN1C(=O)c1cc2ncc(Br)cn2n1.CC1c2cncnc2CCN1C(=O)c1cc2ncc(Br)cn2n1.CC1c2ncncc2CCN1C(=O)c1cc2ncc(Br)cn2n1. The van der Waals surface area contributed by atoms with Crippen molar-refractivity contribution in [3.8, 4) is 0 Å². The average molecular weight is 1160 g/mol. The lowest BCUT2D eigenvalue weighted by molar-refractivity contribution is -0.385. The monoisotopic (exact) mass is 1160 g/mol. The van der Waals surface area contributed by atoms with Gasteiger partial charge in [0.25, 0.3) is 23.4 Å². The van der Waals surface area contributed by atoms with E-state index in [0.29, 0.717) is 65.6 Å². The molecule has 3 aliphatic rings. The number of carbonyl (C=O) groups is 3. The van der Waals surface area contributed by atoms with Crippen LogP contribution >= 0.6 is 47.8 Å². The zero-order valence-electron chi connectivity index (χ0n) is 38.5. The van der Waals surface area contributed by atoms with E-state index < -0.39 is 0 Å². The smallest absolute Gasteiger partial charge is 0.275 e. The Bertz CT molecular complexity index is 3450. The topological polar surface area (TPSA) is 246 Å². The van der Waals surface area contributed by atoms with E-state index in [-0.39, 0.29) is 46.5 Å². The Labute approximate surface area is 434 Å². The number of hydrogen-bond acceptors (Lipinski definition) is 15. The van der Waals surface area contributed by atoms with Crippen LogP contribution in [0.15, 0.2) is 112 Å². The largest absolute Gasteiger partial charge is 0.330 e. The molecule has 0 fully saturated rings. The lowest BCUT2D eigenvalue weighted by Crippen LogP contribution is -2.39. The Morgan fingerprint density at radius 2 is 1.06 bits per heavy atom. The van der Waals surface area contributed by atoms with Gasteiger partial charge in [-0.3, -0.25) is 24.5 Å². The van der Waals surface area contributed by atoms with Crippen molar-refractivity contribution in [2.24, 2.45) is 0 Å². The van der Waals surface area contributed by atoms with Gasteiger partial charge in [0.2, 0.25) is 0 Å². The molecule has 12 rings (SSSR count). The van der Waals surface area contributed by atoms with Crippen molar-refractivity contribution >= 4 is 88.1 Å². The highest BCUT2D eigenvalue weighted by Crippen LogP contribution is 2.36. The molecule has 3 amide bonds. The van der Waals surface area contributed by atoms with Crippen molar-refractivity contribution in [2.75, 3.05) is 19.6 Å². The van der Waals surface area contributed by atoms with Crippen molar-refractivity contribution in [2.45, 2.75) is 58.2 Å². The van der Waals surface area contributed by atoms with Gasteiger partial charge < -0.3 is 14.7 Å². The van der Waals surface area contributed by atoms with Crippen LogP contribution in [-0.4, -0.2) is 121 Å². The second-order valence-electron chi connectivity index (χ2n) is 17.0. The Morgan fingerprint density at radius 1 is 0.583 bits per heavy atom. The number of nitrogens with zero attached hydrogens (tertiary/aromatic N) is 17. The van der Waals surface area contributed by atoms with Gasteiger partial charge in [0.1, 0.15) is 12.7 Å². The minimum Gasteiger partial charge on any atom is -0.330 e. The van der Waals surface area contributed by atoms with Gasteiger partial charge in [-0.05, 0) is 92.5 Å². The molecule has 0 radical (unpaired) electrons. The number of benzene rings is 1. The molecule has 22 nitrogen and oxygen atoms in total. The summed E-state index contributed by atoms with van der Waals surface area (Å²) in [6.45, 7) is 7.50. The van der Waals surface area contributed by atoms with E-state index in [1.165, 1.54) is 12.4 Å². The number of halogens is 3. The number of rotatable bonds is 4. The second kappa shape index (κ2) is 19.9. The third kappa shape index (κ3) is 9.41. The van der Waals surface area contributed by atoms with E-state index >= 15 is 0 Å². The summed E-state index contributed by atoms with van der Waals surface area (Å²) in [4.78, 5) is 84.3. The maximum Gasteiger partial charge on any atom is 0.275 e. The Morgan fingerprint density at radius 3 is 1.60 bits per heavy atom. The van der Waals surface area contributed by atoms with Crippen LogP contribution in [0.2, 0.25) is 0 Å². The first-order chi connectivity index (χ1) is 34.7. The van der Waals surface area contributed by atoms with Crippen LogP contribution in [0, 0.1) is 10.1 Å². The number of nitro groups is 1. The Balaban J connectivity index is 0.000000125. The minimum absolute atomic E-state index is 0.0723. The van der Waals surface area contributed by atoms with E-state index in [1.807, 2.05) is 37.9 Å². The van der Waals surface area contributed by atoms with Gasteiger partial charge in [-0.1, -0.05) is 12.1 Å². The van der Waals surface area contributed by atoms with Crippen molar-refractivity contribution in [1.29, 1.82) is 0 Å². The first-order valence-electron chi connectivity index (χ1n) is 22.5. The molecule has 8 aromatic heterocycles. The summed E-state index contributed by atoms with van der Waals surface area (Å²) in [6.07, 6.45) is 18.9. The standard InChI is InChI=1S/C17H14BrN5O3.2C15H13BrN6O/c1-10-12-3-2-4-15(23(25)26)13(12)5-6-21(10)17(24)14-7-16-19-8-11(18)9-22(16)20-14;1-9-11-6-17-8-19-12(11)2-3-21(9)15(23)13-4-14-18-5-10(16)7-22(14)20-13;1-9-14-10(5-17-8-19-14)2-3-21(9)15(23)12-4-13-18-6-11(16)7-22(13)20-12/h2-4,7-10H,5-6H2,1H3;2*4-9H,2-3H2,1H3. The van der Waals surface area contributed by atoms with Crippen LogP contribution in [0.25, 0.3) is 16.9 Å². The van der Waals surface area contributed by atoms with E-state index in [4.69, 9.17) is 0 Å². The van der Waals surface area contributed by atoms with Crippen LogP contribution in [0.3, 0.4) is 0 Å². The van der Waals surface area contributed by atoms with Gasteiger partial charge in [0, 0.05) is 111 Å². The number of hydrogen-bond donors (Lipinski definition) is 0. The number of amides is 3. The fraction of sp³-hybridized carbons (Fsp3) is 0.255. The number of aromatic nitrogens is 13. The molecule has 25 heteroatoms. The molecule has 0 spiro atoms. The molecule has 0 bridgehead atoms.